The highest BCUT2D eigenvalue weighted by molar-refractivity contribution is 5.66. The topological polar surface area (TPSA) is 63.6 Å². The zero-order chi connectivity index (χ0) is 15.1. The number of rotatable bonds is 10. The Labute approximate surface area is 126 Å². The van der Waals surface area contributed by atoms with Gasteiger partial charge in [0.05, 0.1) is 12.2 Å². The summed E-state index contributed by atoms with van der Waals surface area (Å²) in [5.41, 5.74) is 0. The number of carboxylic acids is 1. The van der Waals surface area contributed by atoms with Crippen molar-refractivity contribution in [2.75, 3.05) is 0 Å². The van der Waals surface area contributed by atoms with Gasteiger partial charge >= 0.3 is 5.97 Å². The number of hydrogen-bond donors (Lipinski definition) is 1. The molecule has 0 aliphatic carbocycles. The Morgan fingerprint density at radius 1 is 1.10 bits per heavy atom. The van der Waals surface area contributed by atoms with Crippen molar-refractivity contribution in [3.63, 3.8) is 0 Å². The molecule has 0 radical (unpaired) electrons. The van der Waals surface area contributed by atoms with E-state index < -0.39 is 5.97 Å². The zero-order valence-electron chi connectivity index (χ0n) is 12.6. The van der Waals surface area contributed by atoms with E-state index in [1.807, 2.05) is 0 Å². The monoisotopic (exact) mass is 294 g/mol. The van der Waals surface area contributed by atoms with Crippen LogP contribution in [0.4, 0.5) is 0 Å². The summed E-state index contributed by atoms with van der Waals surface area (Å²) in [6, 6.07) is 0. The number of carbonyl (C=O) groups excluding carboxylic acids is 1. The highest BCUT2D eigenvalue weighted by Crippen LogP contribution is 2.47. The number of allylic oxidation sites excluding steroid dienone is 2. The van der Waals surface area contributed by atoms with Crippen molar-refractivity contribution in [2.45, 2.75) is 70.0 Å². The molecule has 118 valence electrons. The third-order valence-corrected chi connectivity index (χ3v) is 4.79. The fraction of sp³-hybridized carbons (Fsp3) is 0.765. The van der Waals surface area contributed by atoms with Gasteiger partial charge in [0, 0.05) is 12.8 Å². The Balaban J connectivity index is 1.73. The molecule has 2 aliphatic rings. The van der Waals surface area contributed by atoms with Gasteiger partial charge in [-0.1, -0.05) is 12.2 Å². The first-order chi connectivity index (χ1) is 10.2. The van der Waals surface area contributed by atoms with Gasteiger partial charge in [0.25, 0.3) is 0 Å². The van der Waals surface area contributed by atoms with E-state index in [9.17, 15) is 9.59 Å². The van der Waals surface area contributed by atoms with E-state index >= 15 is 0 Å². The van der Waals surface area contributed by atoms with Crippen molar-refractivity contribution < 1.29 is 19.4 Å². The molecule has 4 atom stereocenters. The molecular weight excluding hydrogens is 268 g/mol. The third-order valence-electron chi connectivity index (χ3n) is 4.79. The fourth-order valence-electron chi connectivity index (χ4n) is 3.78. The average Bonchev–Trinajstić information content (AvgIpc) is 3.04. The van der Waals surface area contributed by atoms with Crippen molar-refractivity contribution in [3.05, 3.63) is 12.2 Å². The highest BCUT2D eigenvalue weighted by Gasteiger charge is 2.47. The van der Waals surface area contributed by atoms with Crippen molar-refractivity contribution >= 4 is 12.3 Å². The van der Waals surface area contributed by atoms with Gasteiger partial charge in [-0.2, -0.15) is 0 Å². The van der Waals surface area contributed by atoms with Gasteiger partial charge in [0.1, 0.15) is 6.29 Å². The van der Waals surface area contributed by atoms with Crippen LogP contribution in [0.2, 0.25) is 0 Å². The molecular formula is C17H26O4. The first-order valence-electron chi connectivity index (χ1n) is 8.18. The van der Waals surface area contributed by atoms with Crippen LogP contribution in [-0.4, -0.2) is 29.6 Å². The van der Waals surface area contributed by atoms with Crippen LogP contribution in [0, 0.1) is 11.8 Å². The van der Waals surface area contributed by atoms with E-state index in [0.717, 1.165) is 32.0 Å². The summed E-state index contributed by atoms with van der Waals surface area (Å²) in [5, 5.41) is 8.59. The molecule has 2 bridgehead atoms. The molecule has 4 heteroatoms. The second kappa shape index (κ2) is 8.32. The molecule has 2 aliphatic heterocycles. The minimum Gasteiger partial charge on any atom is -0.481 e. The lowest BCUT2D eigenvalue weighted by Gasteiger charge is -2.27. The van der Waals surface area contributed by atoms with Crippen molar-refractivity contribution in [1.82, 2.24) is 0 Å². The largest absolute Gasteiger partial charge is 0.481 e. The Kier molecular flexibility index (Phi) is 6.43. The molecule has 1 N–H and O–H groups in total. The fourth-order valence-corrected chi connectivity index (χ4v) is 3.78. The van der Waals surface area contributed by atoms with Crippen LogP contribution < -0.4 is 0 Å². The molecule has 4 nitrogen and oxygen atoms in total. The second-order valence-electron chi connectivity index (χ2n) is 6.21. The van der Waals surface area contributed by atoms with Crippen LogP contribution in [0.25, 0.3) is 0 Å². The van der Waals surface area contributed by atoms with Crippen LogP contribution in [0.1, 0.15) is 57.8 Å². The molecule has 2 saturated heterocycles. The van der Waals surface area contributed by atoms with Gasteiger partial charge in [0.2, 0.25) is 0 Å². The molecule has 2 fully saturated rings. The van der Waals surface area contributed by atoms with Gasteiger partial charge in [-0.3, -0.25) is 4.79 Å². The number of carboxylic acid groups (broad SMARTS) is 1. The predicted octanol–water partition coefficient (Wildman–Crippen LogP) is 3.35. The Bertz CT molecular complexity index is 377. The molecule has 0 unspecified atom stereocenters. The lowest BCUT2D eigenvalue weighted by molar-refractivity contribution is -0.137. The van der Waals surface area contributed by atoms with Gasteiger partial charge in [0.15, 0.2) is 0 Å². The van der Waals surface area contributed by atoms with E-state index in [1.54, 1.807) is 0 Å². The third kappa shape index (κ3) is 4.67. The standard InChI is InChI=1S/C17H26O4/c18-12-6-5-8-14-13(15-10-11-16(14)21-15)7-3-1-2-4-9-17(19)20/h1,3,12-16H,2,4-11H2,(H,19,20)/t13-,14+,15-,16+/m0/s1. The molecule has 0 spiro atoms. The molecule has 2 rings (SSSR count). The van der Waals surface area contributed by atoms with Gasteiger partial charge in [-0.15, -0.1) is 0 Å². The minimum absolute atomic E-state index is 0.246. The van der Waals surface area contributed by atoms with Crippen LogP contribution in [0.15, 0.2) is 12.2 Å². The summed E-state index contributed by atoms with van der Waals surface area (Å²) < 4.78 is 6.04. The van der Waals surface area contributed by atoms with Crippen molar-refractivity contribution in [3.8, 4) is 0 Å². The van der Waals surface area contributed by atoms with Crippen molar-refractivity contribution in [1.29, 1.82) is 0 Å². The molecule has 0 aromatic rings. The lowest BCUT2D eigenvalue weighted by Crippen LogP contribution is -2.26. The quantitative estimate of drug-likeness (QED) is 0.381. The maximum Gasteiger partial charge on any atom is 0.303 e. The van der Waals surface area contributed by atoms with Crippen LogP contribution >= 0.6 is 0 Å². The number of aliphatic carboxylic acids is 1. The van der Waals surface area contributed by atoms with Gasteiger partial charge in [-0.25, -0.2) is 0 Å². The number of ether oxygens (including phenoxy) is 1. The van der Waals surface area contributed by atoms with E-state index in [0.29, 0.717) is 36.9 Å². The SMILES string of the molecule is O=CCCC[C@@H]1[C@H](CC=CCCCC(=O)O)[C@@H]2CC[C@H]1O2. The Hall–Kier alpha value is -1.16. The Morgan fingerprint density at radius 2 is 1.86 bits per heavy atom. The molecule has 0 saturated carbocycles. The van der Waals surface area contributed by atoms with E-state index in [1.165, 1.54) is 12.8 Å². The van der Waals surface area contributed by atoms with E-state index in [2.05, 4.69) is 12.2 Å². The second-order valence-corrected chi connectivity index (χ2v) is 6.21. The number of unbranched alkanes of at least 4 members (excludes halogenated alkanes) is 2. The van der Waals surface area contributed by atoms with Crippen LogP contribution in [0.3, 0.4) is 0 Å². The number of hydrogen-bond acceptors (Lipinski definition) is 3. The molecule has 0 aromatic heterocycles. The predicted molar refractivity (Wildman–Crippen MR) is 80.0 cm³/mol. The first-order valence-corrected chi connectivity index (χ1v) is 8.18. The maximum absolute atomic E-state index is 10.5. The molecule has 0 amide bonds. The number of carbonyl (C=O) groups is 2. The summed E-state index contributed by atoms with van der Waals surface area (Å²) in [6.07, 6.45) is 14.0. The zero-order valence-corrected chi connectivity index (χ0v) is 12.6. The van der Waals surface area contributed by atoms with E-state index in [-0.39, 0.29) is 6.42 Å². The number of fused-ring (bicyclic) bond motifs is 2. The summed E-state index contributed by atoms with van der Waals surface area (Å²) >= 11 is 0. The van der Waals surface area contributed by atoms with Gasteiger partial charge in [-0.05, 0) is 56.8 Å². The summed E-state index contributed by atoms with van der Waals surface area (Å²) in [7, 11) is 0. The normalized spacial score (nSPS) is 31.0. The van der Waals surface area contributed by atoms with Crippen LogP contribution in [-0.2, 0) is 14.3 Å². The first kappa shape index (κ1) is 16.2. The smallest absolute Gasteiger partial charge is 0.303 e. The highest BCUT2D eigenvalue weighted by atomic mass is 16.5. The summed E-state index contributed by atoms with van der Waals surface area (Å²) in [5.74, 6) is 0.471. The summed E-state index contributed by atoms with van der Waals surface area (Å²) in [4.78, 5) is 20.9. The number of aldehydes is 1. The van der Waals surface area contributed by atoms with Crippen molar-refractivity contribution in [2.24, 2.45) is 11.8 Å². The molecule has 21 heavy (non-hydrogen) atoms. The van der Waals surface area contributed by atoms with Crippen LogP contribution in [0.5, 0.6) is 0 Å². The maximum atomic E-state index is 10.5. The van der Waals surface area contributed by atoms with E-state index in [4.69, 9.17) is 9.84 Å². The molecule has 2 heterocycles. The van der Waals surface area contributed by atoms with Gasteiger partial charge < -0.3 is 14.6 Å². The minimum atomic E-state index is -0.722. The molecule has 0 aromatic carbocycles. The summed E-state index contributed by atoms with van der Waals surface area (Å²) in [6.45, 7) is 0. The lowest BCUT2D eigenvalue weighted by atomic mass is 9.75. The average molecular weight is 294 g/mol. The Morgan fingerprint density at radius 3 is 2.57 bits per heavy atom.